The number of nitrogens with one attached hydrogen (secondary N) is 1. The average Bonchev–Trinajstić information content (AvgIpc) is 2.41. The number of piperazine rings is 1. The summed E-state index contributed by atoms with van der Waals surface area (Å²) in [5.41, 5.74) is 1.51. The van der Waals surface area contributed by atoms with Gasteiger partial charge in [0.15, 0.2) is 0 Å². The average molecular weight is 254 g/mol. The molecule has 2 aromatic rings. The monoisotopic (exact) mass is 254 g/mol. The molecule has 1 aliphatic heterocycles. The highest BCUT2D eigenvalue weighted by molar-refractivity contribution is 5.85. The smallest absolute Gasteiger partial charge is 0.0387 e. The first kappa shape index (κ1) is 12.5. The van der Waals surface area contributed by atoms with Crippen LogP contribution in [0.25, 0.3) is 10.8 Å². The van der Waals surface area contributed by atoms with Gasteiger partial charge in [0.2, 0.25) is 0 Å². The predicted octanol–water partition coefficient (Wildman–Crippen LogP) is 3.42. The summed E-state index contributed by atoms with van der Waals surface area (Å²) in [6.07, 6.45) is 0. The van der Waals surface area contributed by atoms with Gasteiger partial charge in [0.1, 0.15) is 0 Å². The molecule has 100 valence electrons. The Kier molecular flexibility index (Phi) is 2.98. The third-order valence-corrected chi connectivity index (χ3v) is 4.04. The SMILES string of the molecule is CC1CNC(C)(C)CN1c1ccc2ccccc2c1. The van der Waals surface area contributed by atoms with Crippen LogP contribution in [0.5, 0.6) is 0 Å². The van der Waals surface area contributed by atoms with Gasteiger partial charge in [-0.05, 0) is 43.7 Å². The lowest BCUT2D eigenvalue weighted by Crippen LogP contribution is -2.61. The van der Waals surface area contributed by atoms with Gasteiger partial charge in [-0.2, -0.15) is 0 Å². The van der Waals surface area contributed by atoms with Crippen molar-refractivity contribution < 1.29 is 0 Å². The van der Waals surface area contributed by atoms with Gasteiger partial charge in [-0.15, -0.1) is 0 Å². The van der Waals surface area contributed by atoms with Crippen LogP contribution in [0.1, 0.15) is 20.8 Å². The maximum atomic E-state index is 3.60. The Morgan fingerprint density at radius 3 is 2.63 bits per heavy atom. The molecule has 0 radical (unpaired) electrons. The summed E-state index contributed by atoms with van der Waals surface area (Å²) in [5.74, 6) is 0. The molecule has 1 heterocycles. The topological polar surface area (TPSA) is 15.3 Å². The lowest BCUT2D eigenvalue weighted by atomic mass is 9.98. The molecule has 19 heavy (non-hydrogen) atoms. The van der Waals surface area contributed by atoms with Crippen LogP contribution in [-0.2, 0) is 0 Å². The van der Waals surface area contributed by atoms with E-state index in [1.165, 1.54) is 16.5 Å². The van der Waals surface area contributed by atoms with E-state index in [-0.39, 0.29) is 5.54 Å². The van der Waals surface area contributed by atoms with E-state index in [1.807, 2.05) is 0 Å². The summed E-state index contributed by atoms with van der Waals surface area (Å²) in [5, 5.41) is 6.24. The van der Waals surface area contributed by atoms with Crippen molar-refractivity contribution in [2.24, 2.45) is 0 Å². The molecule has 2 nitrogen and oxygen atoms in total. The summed E-state index contributed by atoms with van der Waals surface area (Å²) in [4.78, 5) is 2.52. The van der Waals surface area contributed by atoms with E-state index >= 15 is 0 Å². The zero-order valence-electron chi connectivity index (χ0n) is 12.0. The standard InChI is InChI=1S/C17H22N2/c1-13-11-18-17(2,3)12-19(13)16-9-8-14-6-4-5-7-15(14)10-16/h4-10,13,18H,11-12H2,1-3H3. The zero-order chi connectivity index (χ0) is 13.5. The minimum Gasteiger partial charge on any atom is -0.366 e. The van der Waals surface area contributed by atoms with Gasteiger partial charge in [-0.1, -0.05) is 30.3 Å². The summed E-state index contributed by atoms with van der Waals surface area (Å²) in [6, 6.07) is 15.9. The highest BCUT2D eigenvalue weighted by atomic mass is 15.2. The lowest BCUT2D eigenvalue weighted by molar-refractivity contribution is 0.318. The lowest BCUT2D eigenvalue weighted by Gasteiger charge is -2.44. The number of fused-ring (bicyclic) bond motifs is 1. The van der Waals surface area contributed by atoms with Crippen molar-refractivity contribution in [2.45, 2.75) is 32.4 Å². The van der Waals surface area contributed by atoms with E-state index in [0.29, 0.717) is 6.04 Å². The Morgan fingerprint density at radius 1 is 1.11 bits per heavy atom. The van der Waals surface area contributed by atoms with Gasteiger partial charge in [0.25, 0.3) is 0 Å². The van der Waals surface area contributed by atoms with Crippen molar-refractivity contribution in [3.8, 4) is 0 Å². The van der Waals surface area contributed by atoms with Gasteiger partial charge < -0.3 is 10.2 Å². The fraction of sp³-hybridized carbons (Fsp3) is 0.412. The van der Waals surface area contributed by atoms with Crippen molar-refractivity contribution in [1.29, 1.82) is 0 Å². The van der Waals surface area contributed by atoms with Crippen LogP contribution in [-0.4, -0.2) is 24.7 Å². The first-order valence-corrected chi connectivity index (χ1v) is 7.06. The minimum absolute atomic E-state index is 0.179. The minimum atomic E-state index is 0.179. The number of hydrogen-bond acceptors (Lipinski definition) is 2. The molecule has 1 fully saturated rings. The summed E-state index contributed by atoms with van der Waals surface area (Å²) in [7, 11) is 0. The molecule has 0 aromatic heterocycles. The van der Waals surface area contributed by atoms with Crippen LogP contribution >= 0.6 is 0 Å². The fourth-order valence-corrected chi connectivity index (χ4v) is 2.87. The molecule has 3 rings (SSSR count). The second kappa shape index (κ2) is 4.53. The molecule has 1 atom stereocenters. The van der Waals surface area contributed by atoms with Crippen LogP contribution in [0.3, 0.4) is 0 Å². The van der Waals surface area contributed by atoms with Crippen molar-refractivity contribution in [3.05, 3.63) is 42.5 Å². The van der Waals surface area contributed by atoms with E-state index in [0.717, 1.165) is 13.1 Å². The Labute approximate surface area is 115 Å². The van der Waals surface area contributed by atoms with Gasteiger partial charge in [-0.25, -0.2) is 0 Å². The van der Waals surface area contributed by atoms with Gasteiger partial charge in [-0.3, -0.25) is 0 Å². The normalized spacial score (nSPS) is 22.7. The first-order chi connectivity index (χ1) is 9.05. The fourth-order valence-electron chi connectivity index (χ4n) is 2.87. The Balaban J connectivity index is 1.98. The highest BCUT2D eigenvalue weighted by Crippen LogP contribution is 2.26. The maximum absolute atomic E-state index is 3.60. The second-order valence-electron chi connectivity index (χ2n) is 6.27. The highest BCUT2D eigenvalue weighted by Gasteiger charge is 2.30. The molecular formula is C17H22N2. The van der Waals surface area contributed by atoms with Gasteiger partial charge >= 0.3 is 0 Å². The molecule has 1 N–H and O–H groups in total. The largest absolute Gasteiger partial charge is 0.366 e. The molecule has 0 spiro atoms. The molecule has 1 aliphatic rings. The Bertz CT molecular complexity index is 589. The zero-order valence-corrected chi connectivity index (χ0v) is 12.0. The number of hydrogen-bond donors (Lipinski definition) is 1. The summed E-state index contributed by atoms with van der Waals surface area (Å²) in [6.45, 7) is 8.92. The quantitative estimate of drug-likeness (QED) is 0.839. The van der Waals surface area contributed by atoms with Crippen LogP contribution in [0, 0.1) is 0 Å². The van der Waals surface area contributed by atoms with Crippen molar-refractivity contribution in [3.63, 3.8) is 0 Å². The predicted molar refractivity (Wildman–Crippen MR) is 82.8 cm³/mol. The van der Waals surface area contributed by atoms with Crippen LogP contribution < -0.4 is 10.2 Å². The first-order valence-electron chi connectivity index (χ1n) is 7.06. The Morgan fingerprint density at radius 2 is 1.84 bits per heavy atom. The molecule has 2 aromatic carbocycles. The molecular weight excluding hydrogens is 232 g/mol. The van der Waals surface area contributed by atoms with Crippen LogP contribution in [0.4, 0.5) is 5.69 Å². The number of rotatable bonds is 1. The van der Waals surface area contributed by atoms with Crippen LogP contribution in [0.2, 0.25) is 0 Å². The molecule has 0 saturated carbocycles. The molecule has 0 amide bonds. The van der Waals surface area contributed by atoms with E-state index in [1.54, 1.807) is 0 Å². The van der Waals surface area contributed by atoms with Crippen LogP contribution in [0.15, 0.2) is 42.5 Å². The molecule has 2 heteroatoms. The Hall–Kier alpha value is -1.54. The number of nitrogens with zero attached hydrogens (tertiary/aromatic N) is 1. The van der Waals surface area contributed by atoms with Gasteiger partial charge in [0, 0.05) is 30.4 Å². The molecule has 0 bridgehead atoms. The van der Waals surface area contributed by atoms with E-state index in [9.17, 15) is 0 Å². The van der Waals surface area contributed by atoms with Crippen molar-refractivity contribution in [1.82, 2.24) is 5.32 Å². The van der Waals surface area contributed by atoms with Crippen molar-refractivity contribution >= 4 is 16.5 Å². The number of anilines is 1. The van der Waals surface area contributed by atoms with E-state index in [2.05, 4.69) is 73.5 Å². The molecule has 0 aliphatic carbocycles. The van der Waals surface area contributed by atoms with Gasteiger partial charge in [0.05, 0.1) is 0 Å². The summed E-state index contributed by atoms with van der Waals surface area (Å²) >= 11 is 0. The maximum Gasteiger partial charge on any atom is 0.0387 e. The second-order valence-corrected chi connectivity index (χ2v) is 6.27. The molecule has 1 unspecified atom stereocenters. The third-order valence-electron chi connectivity index (χ3n) is 4.04. The number of benzene rings is 2. The van der Waals surface area contributed by atoms with E-state index in [4.69, 9.17) is 0 Å². The third kappa shape index (κ3) is 2.45. The van der Waals surface area contributed by atoms with E-state index < -0.39 is 0 Å². The molecule has 1 saturated heterocycles. The summed E-state index contributed by atoms with van der Waals surface area (Å²) < 4.78 is 0. The van der Waals surface area contributed by atoms with Crippen molar-refractivity contribution in [2.75, 3.05) is 18.0 Å².